The number of aliphatic hydroxyl groups is 1. The van der Waals surface area contributed by atoms with Gasteiger partial charge in [-0.3, -0.25) is 9.59 Å². The number of carbonyl (C=O) groups excluding carboxylic acids is 2. The number of fused-ring (bicyclic) bond motifs is 1. The van der Waals surface area contributed by atoms with Gasteiger partial charge in [0.15, 0.2) is 0 Å². The zero-order valence-corrected chi connectivity index (χ0v) is 12.0. The third-order valence-electron chi connectivity index (χ3n) is 4.30. The van der Waals surface area contributed by atoms with Crippen LogP contribution in [0.1, 0.15) is 30.4 Å². The third-order valence-corrected chi connectivity index (χ3v) is 4.30. The topological polar surface area (TPSA) is 69.6 Å². The Hall–Kier alpha value is -1.88. The van der Waals surface area contributed by atoms with E-state index in [2.05, 4.69) is 5.32 Å². The van der Waals surface area contributed by atoms with E-state index < -0.39 is 11.8 Å². The number of likely N-dealkylation sites (tertiary alicyclic amines) is 1. The van der Waals surface area contributed by atoms with Crippen LogP contribution in [-0.2, 0) is 22.4 Å². The lowest BCUT2D eigenvalue weighted by molar-refractivity contribution is -0.144. The van der Waals surface area contributed by atoms with Crippen LogP contribution in [0.15, 0.2) is 18.2 Å². The van der Waals surface area contributed by atoms with Crippen molar-refractivity contribution in [2.75, 3.05) is 18.4 Å². The maximum atomic E-state index is 12.1. The van der Waals surface area contributed by atoms with Crippen LogP contribution in [0, 0.1) is 0 Å². The van der Waals surface area contributed by atoms with E-state index in [0.29, 0.717) is 31.6 Å². The summed E-state index contributed by atoms with van der Waals surface area (Å²) in [6.45, 7) is 0.884. The Morgan fingerprint density at radius 1 is 1.14 bits per heavy atom. The highest BCUT2D eigenvalue weighted by molar-refractivity contribution is 6.39. The van der Waals surface area contributed by atoms with E-state index in [4.69, 9.17) is 0 Å². The highest BCUT2D eigenvalue weighted by atomic mass is 16.3. The normalized spacial score (nSPS) is 18.4. The van der Waals surface area contributed by atoms with Gasteiger partial charge in [0, 0.05) is 18.8 Å². The number of hydrogen-bond acceptors (Lipinski definition) is 3. The zero-order valence-electron chi connectivity index (χ0n) is 12.0. The molecule has 0 unspecified atom stereocenters. The molecule has 1 aromatic rings. The number of nitrogens with one attached hydrogen (secondary N) is 1. The molecule has 1 saturated heterocycles. The van der Waals surface area contributed by atoms with Crippen molar-refractivity contribution in [3.63, 3.8) is 0 Å². The molecule has 112 valence electrons. The summed E-state index contributed by atoms with van der Waals surface area (Å²) in [5, 5.41) is 12.1. The molecule has 5 nitrogen and oxygen atoms in total. The second-order valence-electron chi connectivity index (χ2n) is 5.81. The summed E-state index contributed by atoms with van der Waals surface area (Å²) in [7, 11) is 0. The molecular formula is C16H20N2O3. The van der Waals surface area contributed by atoms with Crippen LogP contribution < -0.4 is 5.32 Å². The van der Waals surface area contributed by atoms with E-state index in [0.717, 1.165) is 19.3 Å². The summed E-state index contributed by atoms with van der Waals surface area (Å²) in [5.74, 6) is -1.10. The first-order valence-corrected chi connectivity index (χ1v) is 7.53. The fraction of sp³-hybridized carbons (Fsp3) is 0.500. The molecule has 2 amide bonds. The van der Waals surface area contributed by atoms with Gasteiger partial charge in [-0.1, -0.05) is 6.07 Å². The van der Waals surface area contributed by atoms with Crippen molar-refractivity contribution in [3.8, 4) is 0 Å². The Bertz CT molecular complexity index is 563. The molecule has 1 heterocycles. The Kier molecular flexibility index (Phi) is 3.92. The molecule has 0 radical (unpaired) electrons. The second-order valence-corrected chi connectivity index (χ2v) is 5.81. The Morgan fingerprint density at radius 3 is 2.62 bits per heavy atom. The van der Waals surface area contributed by atoms with Crippen LogP contribution in [0.5, 0.6) is 0 Å². The van der Waals surface area contributed by atoms with Crippen molar-refractivity contribution < 1.29 is 14.7 Å². The highest BCUT2D eigenvalue weighted by Gasteiger charge is 2.26. The van der Waals surface area contributed by atoms with E-state index in [1.54, 1.807) is 0 Å². The second kappa shape index (κ2) is 5.85. The van der Waals surface area contributed by atoms with E-state index in [1.807, 2.05) is 18.2 Å². The van der Waals surface area contributed by atoms with Crippen molar-refractivity contribution in [2.24, 2.45) is 0 Å². The molecule has 3 rings (SSSR count). The fourth-order valence-corrected chi connectivity index (χ4v) is 3.05. The Balaban J connectivity index is 1.62. The number of benzene rings is 1. The van der Waals surface area contributed by atoms with Crippen LogP contribution in [0.3, 0.4) is 0 Å². The number of anilines is 1. The van der Waals surface area contributed by atoms with Gasteiger partial charge in [-0.25, -0.2) is 0 Å². The molecule has 2 N–H and O–H groups in total. The maximum Gasteiger partial charge on any atom is 0.313 e. The average molecular weight is 288 g/mol. The van der Waals surface area contributed by atoms with Gasteiger partial charge < -0.3 is 15.3 Å². The zero-order chi connectivity index (χ0) is 14.8. The smallest absolute Gasteiger partial charge is 0.313 e. The van der Waals surface area contributed by atoms with Gasteiger partial charge in [-0.15, -0.1) is 0 Å². The van der Waals surface area contributed by atoms with Crippen LogP contribution in [0.25, 0.3) is 0 Å². The lowest BCUT2D eigenvalue weighted by Gasteiger charge is -2.28. The predicted octanol–water partition coefficient (Wildman–Crippen LogP) is 1.10. The highest BCUT2D eigenvalue weighted by Crippen LogP contribution is 2.25. The molecule has 0 aromatic heterocycles. The van der Waals surface area contributed by atoms with Crippen molar-refractivity contribution in [2.45, 2.75) is 38.2 Å². The first kappa shape index (κ1) is 14.1. The van der Waals surface area contributed by atoms with Gasteiger partial charge in [0.2, 0.25) is 0 Å². The lowest BCUT2D eigenvalue weighted by atomic mass is 10.1. The van der Waals surface area contributed by atoms with Crippen molar-refractivity contribution in [3.05, 3.63) is 29.3 Å². The van der Waals surface area contributed by atoms with E-state index in [-0.39, 0.29) is 6.10 Å². The van der Waals surface area contributed by atoms with Crippen LogP contribution >= 0.6 is 0 Å². The van der Waals surface area contributed by atoms with Crippen LogP contribution in [0.2, 0.25) is 0 Å². The molecule has 1 aliphatic carbocycles. The number of hydrogen-bond donors (Lipinski definition) is 2. The van der Waals surface area contributed by atoms with E-state index in [9.17, 15) is 14.7 Å². The van der Waals surface area contributed by atoms with Crippen molar-refractivity contribution >= 4 is 17.5 Å². The number of rotatable bonds is 1. The summed E-state index contributed by atoms with van der Waals surface area (Å²) < 4.78 is 0. The van der Waals surface area contributed by atoms with Crippen molar-refractivity contribution in [1.82, 2.24) is 4.90 Å². The number of nitrogens with zero attached hydrogens (tertiary/aromatic N) is 1. The minimum Gasteiger partial charge on any atom is -0.393 e. The quantitative estimate of drug-likeness (QED) is 0.760. The molecular weight excluding hydrogens is 268 g/mol. The summed E-state index contributed by atoms with van der Waals surface area (Å²) in [6, 6.07) is 5.85. The number of amides is 2. The maximum absolute atomic E-state index is 12.1. The Labute approximate surface area is 123 Å². The van der Waals surface area contributed by atoms with Crippen LogP contribution in [0.4, 0.5) is 5.69 Å². The summed E-state index contributed by atoms with van der Waals surface area (Å²) in [6.07, 6.45) is 4.02. The molecule has 0 saturated carbocycles. The predicted molar refractivity (Wildman–Crippen MR) is 78.9 cm³/mol. The molecule has 2 aliphatic rings. The van der Waals surface area contributed by atoms with Gasteiger partial charge >= 0.3 is 11.8 Å². The van der Waals surface area contributed by atoms with Gasteiger partial charge in [-0.2, -0.15) is 0 Å². The average Bonchev–Trinajstić information content (AvgIpc) is 2.95. The van der Waals surface area contributed by atoms with Gasteiger partial charge in [-0.05, 0) is 55.4 Å². The molecule has 1 fully saturated rings. The summed E-state index contributed by atoms with van der Waals surface area (Å²) in [4.78, 5) is 25.6. The monoisotopic (exact) mass is 288 g/mol. The number of aliphatic hydroxyl groups excluding tert-OH is 1. The van der Waals surface area contributed by atoms with E-state index >= 15 is 0 Å². The molecule has 0 spiro atoms. The molecule has 1 aliphatic heterocycles. The molecule has 5 heteroatoms. The number of piperidine rings is 1. The van der Waals surface area contributed by atoms with E-state index in [1.165, 1.54) is 16.0 Å². The molecule has 0 atom stereocenters. The summed E-state index contributed by atoms with van der Waals surface area (Å²) in [5.41, 5.74) is 3.29. The molecule has 0 bridgehead atoms. The SMILES string of the molecule is O=C(Nc1ccc2c(c1)CCC2)C(=O)N1CCC(O)CC1. The summed E-state index contributed by atoms with van der Waals surface area (Å²) >= 11 is 0. The van der Waals surface area contributed by atoms with Crippen LogP contribution in [-0.4, -0.2) is 41.0 Å². The lowest BCUT2D eigenvalue weighted by Crippen LogP contribution is -2.45. The largest absolute Gasteiger partial charge is 0.393 e. The van der Waals surface area contributed by atoms with Gasteiger partial charge in [0.1, 0.15) is 0 Å². The fourth-order valence-electron chi connectivity index (χ4n) is 3.05. The molecule has 21 heavy (non-hydrogen) atoms. The standard InChI is InChI=1S/C16H20N2O3/c19-14-6-8-18(9-7-14)16(21)15(20)17-13-5-4-11-2-1-3-12(11)10-13/h4-5,10,14,19H,1-3,6-9H2,(H,17,20). The van der Waals surface area contributed by atoms with Gasteiger partial charge in [0.25, 0.3) is 0 Å². The van der Waals surface area contributed by atoms with Gasteiger partial charge in [0.05, 0.1) is 6.10 Å². The minimum absolute atomic E-state index is 0.353. The Morgan fingerprint density at radius 2 is 1.86 bits per heavy atom. The third kappa shape index (κ3) is 3.08. The first-order chi connectivity index (χ1) is 10.1. The number of aryl methyl sites for hydroxylation is 2. The molecule has 1 aromatic carbocycles. The number of carbonyl (C=O) groups is 2. The first-order valence-electron chi connectivity index (χ1n) is 7.53. The minimum atomic E-state index is -0.593. The van der Waals surface area contributed by atoms with Crippen molar-refractivity contribution in [1.29, 1.82) is 0 Å².